The van der Waals surface area contributed by atoms with Gasteiger partial charge < -0.3 is 9.84 Å². The molecule has 3 nitrogen and oxygen atoms in total. The topological polar surface area (TPSA) is 46.5 Å². The lowest BCUT2D eigenvalue weighted by Gasteiger charge is -2.26. The maximum atomic E-state index is 12.0. The van der Waals surface area contributed by atoms with Crippen molar-refractivity contribution in [3.63, 3.8) is 0 Å². The zero-order chi connectivity index (χ0) is 17.7. The molecule has 0 aliphatic heterocycles. The average molecular weight is 334 g/mol. The van der Waals surface area contributed by atoms with Crippen molar-refractivity contribution in [2.75, 3.05) is 6.61 Å². The first kappa shape index (κ1) is 20.7. The van der Waals surface area contributed by atoms with Crippen LogP contribution in [0.25, 0.3) is 0 Å². The van der Waals surface area contributed by atoms with Crippen LogP contribution in [0.3, 0.4) is 0 Å². The van der Waals surface area contributed by atoms with Crippen molar-refractivity contribution in [3.8, 4) is 0 Å². The molecule has 24 heavy (non-hydrogen) atoms. The molecule has 0 fully saturated rings. The molecule has 3 heteroatoms. The second-order valence-corrected chi connectivity index (χ2v) is 6.71. The van der Waals surface area contributed by atoms with Crippen LogP contribution in [0.2, 0.25) is 0 Å². The number of allylic oxidation sites excluding steroid dienone is 2. The van der Waals surface area contributed by atoms with E-state index in [4.69, 9.17) is 4.74 Å². The lowest BCUT2D eigenvalue weighted by atomic mass is 9.88. The van der Waals surface area contributed by atoms with Crippen molar-refractivity contribution >= 4 is 5.97 Å². The van der Waals surface area contributed by atoms with Crippen LogP contribution >= 0.6 is 0 Å². The number of rotatable bonds is 13. The fourth-order valence-corrected chi connectivity index (χ4v) is 2.85. The summed E-state index contributed by atoms with van der Waals surface area (Å²) in [6.07, 6.45) is 19.8. The summed E-state index contributed by atoms with van der Waals surface area (Å²) in [6.45, 7) is 6.36. The molecule has 0 radical (unpaired) electrons. The summed E-state index contributed by atoms with van der Waals surface area (Å²) in [5, 5.41) is 10.3. The molecule has 0 spiro atoms. The van der Waals surface area contributed by atoms with Gasteiger partial charge in [0, 0.05) is 6.42 Å². The smallest absolute Gasteiger partial charge is 0.336 e. The van der Waals surface area contributed by atoms with Crippen molar-refractivity contribution in [2.45, 2.75) is 83.2 Å². The number of esters is 1. The molecule has 1 atom stereocenters. The summed E-state index contributed by atoms with van der Waals surface area (Å²) >= 11 is 0. The lowest BCUT2D eigenvalue weighted by molar-refractivity contribution is -0.141. The highest BCUT2D eigenvalue weighted by molar-refractivity contribution is 5.90. The van der Waals surface area contributed by atoms with Gasteiger partial charge in [-0.2, -0.15) is 0 Å². The van der Waals surface area contributed by atoms with Gasteiger partial charge in [0.15, 0.2) is 0 Å². The van der Waals surface area contributed by atoms with E-state index in [1.165, 1.54) is 51.4 Å². The Balaban J connectivity index is 2.01. The van der Waals surface area contributed by atoms with Crippen LogP contribution in [-0.2, 0) is 9.53 Å². The standard InChI is InChI=1S/C21H34O3/c1-3-4-5-6-7-8-9-10-11-15-18-24-20(22)19(2)21(23)16-13-12-14-17-21/h12-14,16,23H,2-11,15,17-18H2,1H3. The highest BCUT2D eigenvalue weighted by Crippen LogP contribution is 2.26. The molecule has 1 aliphatic carbocycles. The second-order valence-electron chi connectivity index (χ2n) is 6.71. The van der Waals surface area contributed by atoms with Crippen molar-refractivity contribution in [2.24, 2.45) is 0 Å². The van der Waals surface area contributed by atoms with E-state index < -0.39 is 11.6 Å². The molecule has 136 valence electrons. The predicted molar refractivity (Wildman–Crippen MR) is 99.8 cm³/mol. The van der Waals surface area contributed by atoms with Crippen LogP contribution in [0.1, 0.15) is 77.6 Å². The predicted octanol–water partition coefficient (Wildman–Crippen LogP) is 5.25. The Bertz CT molecular complexity index is 436. The van der Waals surface area contributed by atoms with E-state index in [0.717, 1.165) is 12.8 Å². The van der Waals surface area contributed by atoms with Gasteiger partial charge in [-0.25, -0.2) is 4.79 Å². The Labute approximate surface area is 147 Å². The minimum absolute atomic E-state index is 0.121. The zero-order valence-electron chi connectivity index (χ0n) is 15.3. The quantitative estimate of drug-likeness (QED) is 0.284. The Morgan fingerprint density at radius 1 is 1.04 bits per heavy atom. The molecule has 0 aromatic heterocycles. The summed E-state index contributed by atoms with van der Waals surface area (Å²) in [6, 6.07) is 0. The van der Waals surface area contributed by atoms with Gasteiger partial charge in [0.05, 0.1) is 12.2 Å². The summed E-state index contributed by atoms with van der Waals surface area (Å²) < 4.78 is 5.24. The highest BCUT2D eigenvalue weighted by Gasteiger charge is 2.32. The normalized spacial score (nSPS) is 19.4. The molecule has 1 rings (SSSR count). The number of carbonyl (C=O) groups excluding carboxylic acids is 1. The Hall–Kier alpha value is -1.35. The van der Waals surface area contributed by atoms with Crippen LogP contribution in [0.4, 0.5) is 0 Å². The third-order valence-corrected chi connectivity index (χ3v) is 4.55. The summed E-state index contributed by atoms with van der Waals surface area (Å²) in [4.78, 5) is 12.0. The number of carbonyl (C=O) groups is 1. The lowest BCUT2D eigenvalue weighted by Crippen LogP contribution is -2.33. The maximum Gasteiger partial charge on any atom is 0.336 e. The zero-order valence-corrected chi connectivity index (χ0v) is 15.3. The van der Waals surface area contributed by atoms with E-state index in [0.29, 0.717) is 13.0 Å². The van der Waals surface area contributed by atoms with Gasteiger partial charge in [-0.15, -0.1) is 0 Å². The van der Waals surface area contributed by atoms with Crippen LogP contribution in [0.15, 0.2) is 36.5 Å². The van der Waals surface area contributed by atoms with Crippen LogP contribution < -0.4 is 0 Å². The molecular weight excluding hydrogens is 300 g/mol. The van der Waals surface area contributed by atoms with E-state index in [1.54, 1.807) is 12.2 Å². The fourth-order valence-electron chi connectivity index (χ4n) is 2.85. The number of hydrogen-bond donors (Lipinski definition) is 1. The maximum absolute atomic E-state index is 12.0. The molecule has 1 N–H and O–H groups in total. The third-order valence-electron chi connectivity index (χ3n) is 4.55. The molecule has 0 saturated carbocycles. The Morgan fingerprint density at radius 2 is 1.62 bits per heavy atom. The largest absolute Gasteiger partial charge is 0.462 e. The monoisotopic (exact) mass is 334 g/mol. The van der Waals surface area contributed by atoms with E-state index in [9.17, 15) is 9.90 Å². The van der Waals surface area contributed by atoms with Crippen molar-refractivity contribution in [1.82, 2.24) is 0 Å². The first-order chi connectivity index (χ1) is 11.6. The number of hydrogen-bond acceptors (Lipinski definition) is 3. The van der Waals surface area contributed by atoms with Crippen molar-refractivity contribution in [1.29, 1.82) is 0 Å². The van der Waals surface area contributed by atoms with E-state index in [2.05, 4.69) is 13.5 Å². The number of ether oxygens (including phenoxy) is 1. The van der Waals surface area contributed by atoms with Gasteiger partial charge in [-0.3, -0.25) is 0 Å². The number of unbranched alkanes of at least 4 members (excludes halogenated alkanes) is 9. The van der Waals surface area contributed by atoms with Gasteiger partial charge in [0.1, 0.15) is 5.60 Å². The third kappa shape index (κ3) is 7.96. The Kier molecular flexibility index (Phi) is 10.4. The summed E-state index contributed by atoms with van der Waals surface area (Å²) in [5.41, 5.74) is -1.17. The van der Waals surface area contributed by atoms with Crippen LogP contribution in [-0.4, -0.2) is 23.3 Å². The number of aliphatic hydroxyl groups is 1. The SMILES string of the molecule is C=C(C(=O)OCCCCCCCCCCCC)C1(O)C=CC=CC1. The molecule has 0 aromatic carbocycles. The first-order valence-electron chi connectivity index (χ1n) is 9.53. The summed E-state index contributed by atoms with van der Waals surface area (Å²) in [7, 11) is 0. The highest BCUT2D eigenvalue weighted by atomic mass is 16.5. The van der Waals surface area contributed by atoms with Crippen molar-refractivity contribution < 1.29 is 14.6 Å². The summed E-state index contributed by atoms with van der Waals surface area (Å²) in [5.74, 6) is -0.492. The molecule has 1 unspecified atom stereocenters. The van der Waals surface area contributed by atoms with E-state index >= 15 is 0 Å². The molecule has 0 amide bonds. The van der Waals surface area contributed by atoms with Crippen molar-refractivity contribution in [3.05, 3.63) is 36.5 Å². The van der Waals surface area contributed by atoms with Gasteiger partial charge in [-0.1, -0.05) is 89.5 Å². The minimum Gasteiger partial charge on any atom is -0.462 e. The molecule has 1 aliphatic rings. The average Bonchev–Trinajstić information content (AvgIpc) is 2.59. The van der Waals surface area contributed by atoms with Crippen LogP contribution in [0, 0.1) is 0 Å². The van der Waals surface area contributed by atoms with E-state index in [1.807, 2.05) is 12.2 Å². The van der Waals surface area contributed by atoms with Gasteiger partial charge in [0.2, 0.25) is 0 Å². The molecule has 0 heterocycles. The van der Waals surface area contributed by atoms with E-state index in [-0.39, 0.29) is 5.57 Å². The Morgan fingerprint density at radius 3 is 2.17 bits per heavy atom. The molecular formula is C21H34O3. The first-order valence-corrected chi connectivity index (χ1v) is 9.53. The minimum atomic E-state index is -1.29. The van der Waals surface area contributed by atoms with Gasteiger partial charge >= 0.3 is 5.97 Å². The molecule has 0 saturated heterocycles. The van der Waals surface area contributed by atoms with Crippen LogP contribution in [0.5, 0.6) is 0 Å². The molecule has 0 aromatic rings. The van der Waals surface area contributed by atoms with Gasteiger partial charge in [-0.05, 0) is 12.5 Å². The second kappa shape index (κ2) is 12.1. The van der Waals surface area contributed by atoms with Gasteiger partial charge in [0.25, 0.3) is 0 Å². The molecule has 0 bridgehead atoms. The fraction of sp³-hybridized carbons (Fsp3) is 0.667.